The van der Waals surface area contributed by atoms with E-state index < -0.39 is 13.2 Å². The summed E-state index contributed by atoms with van der Waals surface area (Å²) in [7, 11) is -2.18. The normalized spacial score (nSPS) is 12.6. The van der Waals surface area contributed by atoms with Crippen LogP contribution in [0.1, 0.15) is 5.56 Å². The average molecular weight is 393 g/mol. The van der Waals surface area contributed by atoms with Crippen LogP contribution >= 0.6 is 7.14 Å². The van der Waals surface area contributed by atoms with Gasteiger partial charge >= 0.3 is 0 Å². The van der Waals surface area contributed by atoms with Crippen LogP contribution in [0.4, 0.5) is 0 Å². The van der Waals surface area contributed by atoms with Gasteiger partial charge in [-0.15, -0.1) is 0 Å². The molecule has 0 fully saturated rings. The number of hydrogen-bond donors (Lipinski definition) is 3. The molecule has 0 heterocycles. The van der Waals surface area contributed by atoms with Gasteiger partial charge in [-0.05, 0) is 68.3 Å². The van der Waals surface area contributed by atoms with Crippen molar-refractivity contribution in [3.05, 3.63) is 54.1 Å². The Morgan fingerprint density at radius 2 is 1.59 bits per heavy atom. The summed E-state index contributed by atoms with van der Waals surface area (Å²) < 4.78 is 22.6. The van der Waals surface area contributed by atoms with E-state index in [1.165, 1.54) is 0 Å². The third-order valence-corrected chi connectivity index (χ3v) is 4.47. The van der Waals surface area contributed by atoms with Crippen molar-refractivity contribution in [2.75, 3.05) is 39.4 Å². The molecular weight excluding hydrogens is 365 g/mol. The van der Waals surface area contributed by atoms with Crippen molar-refractivity contribution in [1.29, 1.82) is 0 Å². The van der Waals surface area contributed by atoms with E-state index in [0.717, 1.165) is 24.3 Å². The first-order valence-electron chi connectivity index (χ1n) is 8.88. The number of phenols is 1. The molecule has 0 bridgehead atoms. The van der Waals surface area contributed by atoms with Crippen molar-refractivity contribution in [2.24, 2.45) is 0 Å². The summed E-state index contributed by atoms with van der Waals surface area (Å²) >= 11 is 0. The Morgan fingerprint density at radius 3 is 2.22 bits per heavy atom. The third-order valence-electron chi connectivity index (χ3n) is 3.71. The minimum atomic E-state index is -2.18. The van der Waals surface area contributed by atoms with Crippen LogP contribution in [0.5, 0.6) is 17.2 Å². The second-order valence-electron chi connectivity index (χ2n) is 6.90. The van der Waals surface area contributed by atoms with Crippen molar-refractivity contribution in [3.8, 4) is 17.2 Å². The minimum Gasteiger partial charge on any atom is -0.508 e. The lowest BCUT2D eigenvalue weighted by Crippen LogP contribution is -2.32. The Labute approximate surface area is 160 Å². The molecule has 2 rings (SSSR count). The lowest BCUT2D eigenvalue weighted by molar-refractivity contribution is 0.106. The zero-order chi connectivity index (χ0) is 19.7. The summed E-state index contributed by atoms with van der Waals surface area (Å²) in [5.41, 5.74) is 1.15. The maximum absolute atomic E-state index is 11.7. The molecule has 0 aliphatic carbocycles. The van der Waals surface area contributed by atoms with Crippen LogP contribution in [0.25, 0.3) is 0 Å². The second kappa shape index (κ2) is 10.4. The van der Waals surface area contributed by atoms with Gasteiger partial charge in [0.2, 0.25) is 0 Å². The number of aliphatic hydroxyl groups is 1. The largest absolute Gasteiger partial charge is 0.508 e. The number of phenolic OH excluding ortho intramolecular Hbond substituents is 1. The molecule has 0 amide bonds. The highest BCUT2D eigenvalue weighted by Gasteiger charge is 2.08. The number of ether oxygens (including phenoxy) is 2. The van der Waals surface area contributed by atoms with Crippen molar-refractivity contribution in [3.63, 3.8) is 0 Å². The van der Waals surface area contributed by atoms with Crippen molar-refractivity contribution in [1.82, 2.24) is 5.32 Å². The standard InChI is InChI=1S/C20H28NO5P/c1-27(2,24)15-26-20-7-3-16(4-8-20)11-12-21-13-18(23)14-25-19-9-5-17(22)6-10-19/h3-10,18,21-23H,11-15H2,1-2H3. The second-order valence-corrected chi connectivity index (χ2v) is 10.3. The van der Waals surface area contributed by atoms with E-state index >= 15 is 0 Å². The summed E-state index contributed by atoms with van der Waals surface area (Å²) in [5.74, 6) is 1.51. The zero-order valence-corrected chi connectivity index (χ0v) is 16.7. The highest BCUT2D eigenvalue weighted by atomic mass is 31.2. The molecule has 7 heteroatoms. The topological polar surface area (TPSA) is 88.0 Å². The Bertz CT molecular complexity index is 727. The molecule has 2 aromatic carbocycles. The minimum absolute atomic E-state index is 0.180. The van der Waals surface area contributed by atoms with Gasteiger partial charge in [0.15, 0.2) is 0 Å². The van der Waals surface area contributed by atoms with Gasteiger partial charge in [-0.1, -0.05) is 12.1 Å². The van der Waals surface area contributed by atoms with E-state index in [4.69, 9.17) is 9.47 Å². The molecule has 0 aliphatic heterocycles. The van der Waals surface area contributed by atoms with Crippen LogP contribution in [0.2, 0.25) is 0 Å². The number of aliphatic hydroxyl groups excluding tert-OH is 1. The fourth-order valence-corrected chi connectivity index (χ4v) is 2.74. The van der Waals surface area contributed by atoms with Gasteiger partial charge in [0.05, 0.1) is 0 Å². The van der Waals surface area contributed by atoms with Gasteiger partial charge in [0.1, 0.15) is 43.4 Å². The lowest BCUT2D eigenvalue weighted by Gasteiger charge is -2.13. The summed E-state index contributed by atoms with van der Waals surface area (Å²) in [6, 6.07) is 14.1. The van der Waals surface area contributed by atoms with Crippen molar-refractivity contribution in [2.45, 2.75) is 12.5 Å². The van der Waals surface area contributed by atoms with Gasteiger partial charge in [0.25, 0.3) is 0 Å². The average Bonchev–Trinajstić information content (AvgIpc) is 2.63. The first kappa shape index (κ1) is 21.3. The fraction of sp³-hybridized carbons (Fsp3) is 0.400. The molecule has 1 atom stereocenters. The molecule has 0 saturated carbocycles. The van der Waals surface area contributed by atoms with Crippen LogP contribution in [0.3, 0.4) is 0 Å². The van der Waals surface area contributed by atoms with Crippen molar-refractivity contribution >= 4 is 7.14 Å². The maximum Gasteiger partial charge on any atom is 0.140 e. The third kappa shape index (κ3) is 8.96. The van der Waals surface area contributed by atoms with Gasteiger partial charge in [-0.2, -0.15) is 0 Å². The zero-order valence-electron chi connectivity index (χ0n) is 15.8. The SMILES string of the molecule is CP(C)(=O)COc1ccc(CCNCC(O)COc2ccc(O)cc2)cc1. The van der Waals surface area contributed by atoms with Crippen LogP contribution in [-0.4, -0.2) is 55.7 Å². The summed E-state index contributed by atoms with van der Waals surface area (Å²) in [6.07, 6.45) is 0.456. The van der Waals surface area contributed by atoms with E-state index in [0.29, 0.717) is 12.3 Å². The molecule has 2 aromatic rings. The van der Waals surface area contributed by atoms with E-state index in [2.05, 4.69) is 5.32 Å². The number of hydrogen-bond acceptors (Lipinski definition) is 6. The molecule has 0 spiro atoms. The predicted octanol–water partition coefficient (Wildman–Crippen LogP) is 2.92. The van der Waals surface area contributed by atoms with E-state index in [9.17, 15) is 14.8 Å². The molecule has 0 aliphatic rings. The first-order valence-corrected chi connectivity index (χ1v) is 11.7. The molecular formula is C20H28NO5P. The van der Waals surface area contributed by atoms with Crippen LogP contribution < -0.4 is 14.8 Å². The number of aromatic hydroxyl groups is 1. The van der Waals surface area contributed by atoms with Crippen molar-refractivity contribution < 1.29 is 24.3 Å². The molecule has 6 nitrogen and oxygen atoms in total. The van der Waals surface area contributed by atoms with Gasteiger partial charge in [-0.25, -0.2) is 0 Å². The predicted molar refractivity (Wildman–Crippen MR) is 108 cm³/mol. The highest BCUT2D eigenvalue weighted by Crippen LogP contribution is 2.35. The number of rotatable bonds is 11. The van der Waals surface area contributed by atoms with E-state index in [1.807, 2.05) is 24.3 Å². The van der Waals surface area contributed by atoms with E-state index in [-0.39, 0.29) is 18.7 Å². The molecule has 148 valence electrons. The molecule has 0 aromatic heterocycles. The van der Waals surface area contributed by atoms with Crippen LogP contribution in [-0.2, 0) is 11.0 Å². The summed E-state index contributed by atoms with van der Waals surface area (Å²) in [5, 5.41) is 22.4. The lowest BCUT2D eigenvalue weighted by atomic mass is 10.1. The molecule has 27 heavy (non-hydrogen) atoms. The first-order chi connectivity index (χ1) is 12.8. The Balaban J connectivity index is 1.61. The molecule has 1 unspecified atom stereocenters. The summed E-state index contributed by atoms with van der Waals surface area (Å²) in [4.78, 5) is 0. The number of nitrogens with one attached hydrogen (secondary N) is 1. The summed E-state index contributed by atoms with van der Waals surface area (Å²) in [6.45, 7) is 4.76. The van der Waals surface area contributed by atoms with Gasteiger partial charge < -0.3 is 29.6 Å². The van der Waals surface area contributed by atoms with Crippen LogP contribution in [0, 0.1) is 0 Å². The van der Waals surface area contributed by atoms with Gasteiger partial charge in [-0.3, -0.25) is 0 Å². The molecule has 3 N–H and O–H groups in total. The monoisotopic (exact) mass is 393 g/mol. The Morgan fingerprint density at radius 1 is 1.00 bits per heavy atom. The number of benzene rings is 2. The molecule has 0 radical (unpaired) electrons. The maximum atomic E-state index is 11.7. The smallest absolute Gasteiger partial charge is 0.140 e. The van der Waals surface area contributed by atoms with Gasteiger partial charge in [0, 0.05) is 6.54 Å². The molecule has 0 saturated heterocycles. The quantitative estimate of drug-likeness (QED) is 0.402. The van der Waals surface area contributed by atoms with E-state index in [1.54, 1.807) is 37.6 Å². The Hall–Kier alpha value is -2.01. The Kier molecular flexibility index (Phi) is 8.17. The van der Waals surface area contributed by atoms with Crippen LogP contribution in [0.15, 0.2) is 48.5 Å². The highest BCUT2D eigenvalue weighted by molar-refractivity contribution is 7.62. The fourth-order valence-electron chi connectivity index (χ4n) is 2.28.